The van der Waals surface area contributed by atoms with Crippen LogP contribution in [0.2, 0.25) is 0 Å². The van der Waals surface area contributed by atoms with Crippen molar-refractivity contribution < 1.29 is 18.3 Å². The Morgan fingerprint density at radius 2 is 2.19 bits per heavy atom. The van der Waals surface area contributed by atoms with Gasteiger partial charge in [-0.3, -0.25) is 4.98 Å². The molecule has 2 heterocycles. The lowest BCUT2D eigenvalue weighted by molar-refractivity contribution is 0.0735. The maximum atomic E-state index is 11.2. The summed E-state index contributed by atoms with van der Waals surface area (Å²) in [6.45, 7) is 0. The molecular weight excluding hydrogens is 298 g/mol. The van der Waals surface area contributed by atoms with Crippen LogP contribution in [0.4, 0.5) is 0 Å². The van der Waals surface area contributed by atoms with Gasteiger partial charge in [-0.2, -0.15) is 0 Å². The highest BCUT2D eigenvalue weighted by Gasteiger charge is 2.38. The highest BCUT2D eigenvalue weighted by atomic mass is 79.9. The number of nitrogens with zero attached hydrogens (tertiary/aromatic N) is 1. The van der Waals surface area contributed by atoms with E-state index in [9.17, 15) is 13.5 Å². The second-order valence-electron chi connectivity index (χ2n) is 3.64. The van der Waals surface area contributed by atoms with Crippen LogP contribution in [0, 0.1) is 0 Å². The van der Waals surface area contributed by atoms with E-state index < -0.39 is 22.0 Å². The molecule has 0 bridgehead atoms. The van der Waals surface area contributed by atoms with Crippen molar-refractivity contribution >= 4 is 25.8 Å². The molecule has 2 unspecified atom stereocenters. The van der Waals surface area contributed by atoms with E-state index in [1.54, 1.807) is 12.3 Å². The van der Waals surface area contributed by atoms with Crippen molar-refractivity contribution in [3.63, 3.8) is 0 Å². The third-order valence-electron chi connectivity index (χ3n) is 2.24. The van der Waals surface area contributed by atoms with Crippen LogP contribution in [0.3, 0.4) is 0 Å². The Hall–Kier alpha value is -0.660. The van der Waals surface area contributed by atoms with E-state index in [2.05, 4.69) is 20.9 Å². The van der Waals surface area contributed by atoms with Crippen molar-refractivity contribution in [3.8, 4) is 5.75 Å². The molecule has 88 valence electrons. The number of aromatic nitrogens is 1. The number of pyridine rings is 1. The third-order valence-corrected chi connectivity index (χ3v) is 4.36. The van der Waals surface area contributed by atoms with E-state index in [4.69, 9.17) is 4.74 Å². The zero-order valence-electron chi connectivity index (χ0n) is 8.21. The fourth-order valence-corrected chi connectivity index (χ4v) is 3.55. The summed E-state index contributed by atoms with van der Waals surface area (Å²) in [7, 11) is -3.18. The quantitative estimate of drug-likeness (QED) is 0.855. The van der Waals surface area contributed by atoms with Gasteiger partial charge in [-0.05, 0) is 22.0 Å². The van der Waals surface area contributed by atoms with Crippen molar-refractivity contribution in [2.75, 3.05) is 11.5 Å². The maximum Gasteiger partial charge on any atom is 0.156 e. The number of hydrogen-bond acceptors (Lipinski definition) is 5. The van der Waals surface area contributed by atoms with Crippen LogP contribution in [0.1, 0.15) is 0 Å². The molecule has 0 amide bonds. The first kappa shape index (κ1) is 11.8. The Morgan fingerprint density at radius 3 is 2.75 bits per heavy atom. The van der Waals surface area contributed by atoms with Gasteiger partial charge in [-0.25, -0.2) is 8.42 Å². The van der Waals surface area contributed by atoms with Crippen molar-refractivity contribution in [1.82, 2.24) is 4.98 Å². The van der Waals surface area contributed by atoms with Gasteiger partial charge in [0.1, 0.15) is 18.0 Å². The molecule has 1 aliphatic heterocycles. The van der Waals surface area contributed by atoms with Gasteiger partial charge in [0.25, 0.3) is 0 Å². The minimum absolute atomic E-state index is 0.152. The maximum absolute atomic E-state index is 11.2. The topological polar surface area (TPSA) is 76.5 Å². The largest absolute Gasteiger partial charge is 0.485 e. The van der Waals surface area contributed by atoms with Gasteiger partial charge in [0.15, 0.2) is 9.84 Å². The molecule has 16 heavy (non-hydrogen) atoms. The van der Waals surface area contributed by atoms with Crippen LogP contribution < -0.4 is 4.74 Å². The normalized spacial score (nSPS) is 27.9. The summed E-state index contributed by atoms with van der Waals surface area (Å²) in [5.74, 6) is 0.0512. The van der Waals surface area contributed by atoms with Gasteiger partial charge < -0.3 is 9.84 Å². The summed E-state index contributed by atoms with van der Waals surface area (Å²) in [6.07, 6.45) is 1.39. The Kier molecular flexibility index (Phi) is 3.18. The standard InChI is InChI=1S/C9H10BrNO4S/c10-6-1-7(3-11-2-6)15-9-5-16(13,14)4-8(9)12/h1-3,8-9,12H,4-5H2. The van der Waals surface area contributed by atoms with E-state index in [0.29, 0.717) is 5.75 Å². The molecule has 7 heteroatoms. The Balaban J connectivity index is 2.11. The summed E-state index contributed by atoms with van der Waals surface area (Å²) in [6, 6.07) is 1.67. The van der Waals surface area contributed by atoms with Crippen LogP contribution in [-0.2, 0) is 9.84 Å². The van der Waals surface area contributed by atoms with Crippen LogP contribution in [0.5, 0.6) is 5.75 Å². The van der Waals surface area contributed by atoms with Gasteiger partial charge in [-0.15, -0.1) is 0 Å². The Bertz CT molecular complexity index is 490. The highest BCUT2D eigenvalue weighted by Crippen LogP contribution is 2.22. The van der Waals surface area contributed by atoms with E-state index >= 15 is 0 Å². The molecule has 1 fully saturated rings. The van der Waals surface area contributed by atoms with Crippen molar-refractivity contribution in [2.45, 2.75) is 12.2 Å². The number of aliphatic hydroxyl groups excluding tert-OH is 1. The van der Waals surface area contributed by atoms with Crippen molar-refractivity contribution in [2.24, 2.45) is 0 Å². The first-order valence-corrected chi connectivity index (χ1v) is 7.23. The number of aliphatic hydroxyl groups is 1. The smallest absolute Gasteiger partial charge is 0.156 e. The lowest BCUT2D eigenvalue weighted by Gasteiger charge is -2.15. The van der Waals surface area contributed by atoms with Crippen LogP contribution >= 0.6 is 15.9 Å². The van der Waals surface area contributed by atoms with Gasteiger partial charge in [0.05, 0.1) is 17.7 Å². The fourth-order valence-electron chi connectivity index (χ4n) is 1.54. The molecule has 1 N–H and O–H groups in total. The molecule has 2 atom stereocenters. The van der Waals surface area contributed by atoms with E-state index in [1.807, 2.05) is 0 Å². The minimum Gasteiger partial charge on any atom is -0.485 e. The number of halogens is 1. The second-order valence-corrected chi connectivity index (χ2v) is 6.71. The lowest BCUT2D eigenvalue weighted by atomic mass is 10.2. The molecule has 0 spiro atoms. The van der Waals surface area contributed by atoms with Crippen molar-refractivity contribution in [1.29, 1.82) is 0 Å². The summed E-state index contributed by atoms with van der Waals surface area (Å²) in [5, 5.41) is 9.52. The molecule has 5 nitrogen and oxygen atoms in total. The molecule has 2 rings (SSSR count). The summed E-state index contributed by atoms with van der Waals surface area (Å²) in [5.41, 5.74) is 0. The number of ether oxygens (including phenoxy) is 1. The van der Waals surface area contributed by atoms with Crippen LogP contribution in [-0.4, -0.2) is 42.2 Å². The molecular formula is C9H10BrNO4S. The first-order chi connectivity index (χ1) is 7.46. The monoisotopic (exact) mass is 307 g/mol. The van der Waals surface area contributed by atoms with Crippen LogP contribution in [0.25, 0.3) is 0 Å². The Labute approximate surface area is 102 Å². The summed E-state index contributed by atoms with van der Waals surface area (Å²) >= 11 is 3.23. The SMILES string of the molecule is O=S1(=O)CC(O)C(Oc2cncc(Br)c2)C1. The summed E-state index contributed by atoms with van der Waals surface area (Å²) in [4.78, 5) is 3.88. The third kappa shape index (κ3) is 2.72. The van der Waals surface area contributed by atoms with E-state index in [1.165, 1.54) is 6.20 Å². The average Bonchev–Trinajstić information content (AvgIpc) is 2.39. The number of rotatable bonds is 2. The molecule has 1 aliphatic rings. The van der Waals surface area contributed by atoms with Gasteiger partial charge in [-0.1, -0.05) is 0 Å². The zero-order valence-corrected chi connectivity index (χ0v) is 10.6. The second kappa shape index (κ2) is 4.31. The average molecular weight is 308 g/mol. The molecule has 1 aromatic rings. The lowest BCUT2D eigenvalue weighted by Crippen LogP contribution is -2.29. The van der Waals surface area contributed by atoms with Crippen LogP contribution in [0.15, 0.2) is 22.9 Å². The van der Waals surface area contributed by atoms with Gasteiger partial charge >= 0.3 is 0 Å². The molecule has 0 radical (unpaired) electrons. The fraction of sp³-hybridized carbons (Fsp3) is 0.444. The summed E-state index contributed by atoms with van der Waals surface area (Å²) < 4.78 is 28.6. The predicted molar refractivity (Wildman–Crippen MR) is 61.0 cm³/mol. The van der Waals surface area contributed by atoms with E-state index in [-0.39, 0.29) is 11.5 Å². The minimum atomic E-state index is -3.18. The van der Waals surface area contributed by atoms with Gasteiger partial charge in [0.2, 0.25) is 0 Å². The molecule has 1 saturated heterocycles. The van der Waals surface area contributed by atoms with E-state index in [0.717, 1.165) is 4.47 Å². The Morgan fingerprint density at radius 1 is 1.44 bits per heavy atom. The molecule has 0 aliphatic carbocycles. The molecule has 1 aromatic heterocycles. The zero-order chi connectivity index (χ0) is 11.8. The number of hydrogen-bond donors (Lipinski definition) is 1. The predicted octanol–water partition coefficient (Wildman–Crippen LogP) is 0.381. The molecule has 0 saturated carbocycles. The first-order valence-electron chi connectivity index (χ1n) is 4.62. The number of sulfone groups is 1. The molecule has 0 aromatic carbocycles. The van der Waals surface area contributed by atoms with Crippen molar-refractivity contribution in [3.05, 3.63) is 22.9 Å². The highest BCUT2D eigenvalue weighted by molar-refractivity contribution is 9.10. The van der Waals surface area contributed by atoms with Gasteiger partial charge in [0, 0.05) is 10.7 Å².